The molecule has 0 saturated heterocycles. The Labute approximate surface area is 127 Å². The molecule has 0 amide bonds. The second-order valence-corrected chi connectivity index (χ2v) is 5.02. The van der Waals surface area contributed by atoms with Gasteiger partial charge in [0, 0.05) is 10.7 Å². The van der Waals surface area contributed by atoms with E-state index in [9.17, 15) is 8.78 Å². The first-order chi connectivity index (χ1) is 9.54. The Balaban J connectivity index is 1.96. The Kier molecular flexibility index (Phi) is 5.08. The van der Waals surface area contributed by atoms with Crippen molar-refractivity contribution in [3.8, 4) is 5.75 Å². The largest absolute Gasteiger partial charge is 0.433 e. The Bertz CT molecular complexity index is 583. The first kappa shape index (κ1) is 14.9. The van der Waals surface area contributed by atoms with Gasteiger partial charge in [-0.2, -0.15) is 8.78 Å². The lowest BCUT2D eigenvalue weighted by Crippen LogP contribution is -2.05. The number of alkyl halides is 2. The standard InChI is InChI=1S/C12H9BrClF2N3O/c13-7-3-10(14)11(18-4-7)19-5-8-1-2-9(6-17-8)20-12(15)16/h1-4,6,12H,5H2,(H,18,19). The average molecular weight is 365 g/mol. The molecule has 0 unspecified atom stereocenters. The number of aromatic nitrogens is 2. The maximum Gasteiger partial charge on any atom is 0.387 e. The molecule has 0 saturated carbocycles. The van der Waals surface area contributed by atoms with Gasteiger partial charge in [0.15, 0.2) is 0 Å². The Morgan fingerprint density at radius 1 is 1.30 bits per heavy atom. The van der Waals surface area contributed by atoms with Gasteiger partial charge in [0.25, 0.3) is 0 Å². The third kappa shape index (κ3) is 4.28. The van der Waals surface area contributed by atoms with E-state index in [-0.39, 0.29) is 5.75 Å². The van der Waals surface area contributed by atoms with E-state index < -0.39 is 6.61 Å². The lowest BCUT2D eigenvalue weighted by molar-refractivity contribution is -0.0500. The van der Waals surface area contributed by atoms with E-state index in [1.807, 2.05) is 0 Å². The molecule has 8 heteroatoms. The fourth-order valence-electron chi connectivity index (χ4n) is 1.41. The minimum Gasteiger partial charge on any atom is -0.433 e. The third-order valence-electron chi connectivity index (χ3n) is 2.27. The monoisotopic (exact) mass is 363 g/mol. The summed E-state index contributed by atoms with van der Waals surface area (Å²) in [6.07, 6.45) is 2.85. The minimum atomic E-state index is -2.86. The first-order valence-corrected chi connectivity index (χ1v) is 6.66. The second kappa shape index (κ2) is 6.81. The maximum atomic E-state index is 12.0. The van der Waals surface area contributed by atoms with E-state index in [4.69, 9.17) is 11.6 Å². The van der Waals surface area contributed by atoms with Gasteiger partial charge in [-0.1, -0.05) is 11.6 Å². The van der Waals surface area contributed by atoms with Crippen LogP contribution in [0.4, 0.5) is 14.6 Å². The zero-order valence-corrected chi connectivity index (χ0v) is 12.3. The summed E-state index contributed by atoms with van der Waals surface area (Å²) in [4.78, 5) is 8.10. The summed E-state index contributed by atoms with van der Waals surface area (Å²) in [6, 6.07) is 4.72. The molecular weight excluding hydrogens is 356 g/mol. The summed E-state index contributed by atoms with van der Waals surface area (Å²) >= 11 is 9.26. The zero-order valence-electron chi connectivity index (χ0n) is 9.99. The molecule has 2 heterocycles. The Morgan fingerprint density at radius 2 is 2.10 bits per heavy atom. The topological polar surface area (TPSA) is 47.0 Å². The highest BCUT2D eigenvalue weighted by Crippen LogP contribution is 2.23. The predicted molar refractivity (Wildman–Crippen MR) is 75.1 cm³/mol. The van der Waals surface area contributed by atoms with Crippen LogP contribution in [0, 0.1) is 0 Å². The molecule has 0 atom stereocenters. The van der Waals surface area contributed by atoms with E-state index in [1.165, 1.54) is 12.3 Å². The van der Waals surface area contributed by atoms with Crippen molar-refractivity contribution < 1.29 is 13.5 Å². The fraction of sp³-hybridized carbons (Fsp3) is 0.167. The number of ether oxygens (including phenoxy) is 1. The number of halogens is 4. The van der Waals surface area contributed by atoms with Crippen LogP contribution in [0.15, 0.2) is 35.1 Å². The van der Waals surface area contributed by atoms with Crippen molar-refractivity contribution in [2.24, 2.45) is 0 Å². The summed E-state index contributed by atoms with van der Waals surface area (Å²) in [5.74, 6) is 0.535. The molecule has 0 spiro atoms. The first-order valence-electron chi connectivity index (χ1n) is 5.49. The van der Waals surface area contributed by atoms with Crippen molar-refractivity contribution in [3.05, 3.63) is 45.8 Å². The summed E-state index contributed by atoms with van der Waals surface area (Å²) < 4.78 is 28.9. The van der Waals surface area contributed by atoms with Crippen LogP contribution in [-0.2, 0) is 6.54 Å². The molecule has 0 aromatic carbocycles. The lowest BCUT2D eigenvalue weighted by atomic mass is 10.3. The van der Waals surface area contributed by atoms with Crippen LogP contribution in [0.3, 0.4) is 0 Å². The molecule has 20 heavy (non-hydrogen) atoms. The van der Waals surface area contributed by atoms with Crippen molar-refractivity contribution in [2.45, 2.75) is 13.2 Å². The predicted octanol–water partition coefficient (Wildman–Crippen LogP) is 4.11. The van der Waals surface area contributed by atoms with Crippen LogP contribution in [0.1, 0.15) is 5.69 Å². The number of nitrogens with zero attached hydrogens (tertiary/aromatic N) is 2. The lowest BCUT2D eigenvalue weighted by Gasteiger charge is -2.08. The van der Waals surface area contributed by atoms with Gasteiger partial charge in [-0.25, -0.2) is 4.98 Å². The van der Waals surface area contributed by atoms with E-state index in [0.29, 0.717) is 23.1 Å². The summed E-state index contributed by atoms with van der Waals surface area (Å²) in [5, 5.41) is 3.47. The molecule has 0 aliphatic rings. The van der Waals surface area contributed by atoms with Crippen molar-refractivity contribution in [2.75, 3.05) is 5.32 Å². The van der Waals surface area contributed by atoms with Crippen LogP contribution >= 0.6 is 27.5 Å². The van der Waals surface area contributed by atoms with E-state index >= 15 is 0 Å². The number of nitrogens with one attached hydrogen (secondary N) is 1. The molecule has 0 aliphatic carbocycles. The molecule has 0 bridgehead atoms. The third-order valence-corrected chi connectivity index (χ3v) is 2.99. The molecule has 0 radical (unpaired) electrons. The smallest absolute Gasteiger partial charge is 0.387 e. The zero-order chi connectivity index (χ0) is 14.5. The van der Waals surface area contributed by atoms with Gasteiger partial charge in [0.1, 0.15) is 11.6 Å². The summed E-state index contributed by atoms with van der Waals surface area (Å²) in [6.45, 7) is -2.49. The normalized spacial score (nSPS) is 10.7. The quantitative estimate of drug-likeness (QED) is 0.867. The number of pyridine rings is 2. The van der Waals surface area contributed by atoms with Crippen molar-refractivity contribution in [1.29, 1.82) is 0 Å². The van der Waals surface area contributed by atoms with Gasteiger partial charge in [-0.05, 0) is 34.1 Å². The molecule has 2 rings (SSSR count). The van der Waals surface area contributed by atoms with Crippen LogP contribution in [0.2, 0.25) is 5.02 Å². The number of rotatable bonds is 5. The van der Waals surface area contributed by atoms with Crippen LogP contribution in [-0.4, -0.2) is 16.6 Å². The fourth-order valence-corrected chi connectivity index (χ4v) is 2.10. The molecule has 4 nitrogen and oxygen atoms in total. The van der Waals surface area contributed by atoms with Crippen LogP contribution in [0.25, 0.3) is 0 Å². The number of hydrogen-bond acceptors (Lipinski definition) is 4. The SMILES string of the molecule is FC(F)Oc1ccc(CNc2ncc(Br)cc2Cl)nc1. The van der Waals surface area contributed by atoms with Crippen LogP contribution in [0.5, 0.6) is 5.75 Å². The molecular formula is C12H9BrClF2N3O. The van der Waals surface area contributed by atoms with Gasteiger partial charge < -0.3 is 10.1 Å². The van der Waals surface area contributed by atoms with Gasteiger partial charge >= 0.3 is 6.61 Å². The molecule has 106 valence electrons. The average Bonchev–Trinajstić information content (AvgIpc) is 2.39. The van der Waals surface area contributed by atoms with E-state index in [2.05, 4.69) is 36.0 Å². The van der Waals surface area contributed by atoms with Gasteiger partial charge in [-0.3, -0.25) is 4.98 Å². The highest BCUT2D eigenvalue weighted by atomic mass is 79.9. The molecule has 1 N–H and O–H groups in total. The van der Waals surface area contributed by atoms with Gasteiger partial charge in [0.05, 0.1) is 23.5 Å². The number of hydrogen-bond donors (Lipinski definition) is 1. The summed E-state index contributed by atoms with van der Waals surface area (Å²) in [5.41, 5.74) is 0.646. The Hall–Kier alpha value is -1.47. The molecule has 0 aliphatic heterocycles. The minimum absolute atomic E-state index is 0.0172. The molecule has 2 aromatic heterocycles. The van der Waals surface area contributed by atoms with Crippen molar-refractivity contribution in [1.82, 2.24) is 9.97 Å². The van der Waals surface area contributed by atoms with Gasteiger partial charge in [0.2, 0.25) is 0 Å². The molecule has 2 aromatic rings. The van der Waals surface area contributed by atoms with E-state index in [1.54, 1.807) is 18.3 Å². The maximum absolute atomic E-state index is 12.0. The number of anilines is 1. The highest BCUT2D eigenvalue weighted by Gasteiger charge is 2.06. The van der Waals surface area contributed by atoms with Gasteiger partial charge in [-0.15, -0.1) is 0 Å². The van der Waals surface area contributed by atoms with Crippen molar-refractivity contribution in [3.63, 3.8) is 0 Å². The van der Waals surface area contributed by atoms with E-state index in [0.717, 1.165) is 4.47 Å². The second-order valence-electron chi connectivity index (χ2n) is 3.70. The van der Waals surface area contributed by atoms with Crippen molar-refractivity contribution >= 4 is 33.3 Å². The van der Waals surface area contributed by atoms with Crippen LogP contribution < -0.4 is 10.1 Å². The highest BCUT2D eigenvalue weighted by molar-refractivity contribution is 9.10. The Morgan fingerprint density at radius 3 is 2.70 bits per heavy atom. The molecule has 0 fully saturated rings. The summed E-state index contributed by atoms with van der Waals surface area (Å²) in [7, 11) is 0.